The van der Waals surface area contributed by atoms with Crippen molar-refractivity contribution in [2.75, 3.05) is 0 Å². The molecule has 0 N–H and O–H groups in total. The summed E-state index contributed by atoms with van der Waals surface area (Å²) in [6.45, 7) is 3.67. The van der Waals surface area contributed by atoms with E-state index in [-0.39, 0.29) is 0 Å². The minimum Gasteiger partial charge on any atom is -0.296 e. The molecule has 0 bridgehead atoms. The van der Waals surface area contributed by atoms with E-state index in [1.54, 1.807) is 24.3 Å². The molecule has 0 radical (unpaired) electrons. The van der Waals surface area contributed by atoms with Crippen LogP contribution in [0.3, 0.4) is 0 Å². The summed E-state index contributed by atoms with van der Waals surface area (Å²) < 4.78 is 0. The quantitative estimate of drug-likeness (QED) is 0.752. The molecule has 0 saturated carbocycles. The van der Waals surface area contributed by atoms with Crippen molar-refractivity contribution in [2.24, 2.45) is 0 Å². The molecule has 0 saturated heterocycles. The lowest BCUT2D eigenvalue weighted by Crippen LogP contribution is -2.01. The van der Waals surface area contributed by atoms with Gasteiger partial charge in [0.2, 0.25) is 0 Å². The first-order valence-electron chi connectivity index (χ1n) is 5.46. The molecule has 0 aliphatic rings. The van der Waals surface area contributed by atoms with Crippen LogP contribution in [0.15, 0.2) is 24.3 Å². The molecule has 0 aliphatic heterocycles. The number of carbonyl (C=O) groups is 1. The smallest absolute Gasteiger partial charge is 0.168 e. The SMILES string of the molecule is Cc1nc(-c2ccc(C#N)cc2)nc(C=O)c1C. The predicted octanol–water partition coefficient (Wildman–Crippen LogP) is 2.44. The fourth-order valence-electron chi connectivity index (χ4n) is 1.59. The molecule has 2 rings (SSSR count). The summed E-state index contributed by atoms with van der Waals surface area (Å²) in [5.41, 5.74) is 3.36. The molecule has 0 amide bonds. The van der Waals surface area contributed by atoms with Crippen LogP contribution in [-0.4, -0.2) is 16.3 Å². The van der Waals surface area contributed by atoms with E-state index >= 15 is 0 Å². The average Bonchev–Trinajstić information content (AvgIpc) is 2.42. The summed E-state index contributed by atoms with van der Waals surface area (Å²) >= 11 is 0. The number of aldehydes is 1. The van der Waals surface area contributed by atoms with E-state index in [0.29, 0.717) is 17.1 Å². The number of aryl methyl sites for hydroxylation is 1. The molecule has 4 heteroatoms. The summed E-state index contributed by atoms with van der Waals surface area (Å²) in [4.78, 5) is 19.5. The van der Waals surface area contributed by atoms with Crippen LogP contribution in [0, 0.1) is 25.2 Å². The molecule has 2 aromatic rings. The Hall–Kier alpha value is -2.54. The second-order valence-corrected chi connectivity index (χ2v) is 3.95. The first-order chi connectivity index (χ1) is 8.65. The highest BCUT2D eigenvalue weighted by atomic mass is 16.1. The van der Waals surface area contributed by atoms with E-state index < -0.39 is 0 Å². The molecule has 0 fully saturated rings. The van der Waals surface area contributed by atoms with Crippen molar-refractivity contribution < 1.29 is 4.79 Å². The fourth-order valence-corrected chi connectivity index (χ4v) is 1.59. The van der Waals surface area contributed by atoms with E-state index in [9.17, 15) is 4.79 Å². The Morgan fingerprint density at radius 2 is 1.83 bits per heavy atom. The van der Waals surface area contributed by atoms with Gasteiger partial charge in [-0.05, 0) is 43.7 Å². The highest BCUT2D eigenvalue weighted by molar-refractivity contribution is 5.75. The third kappa shape index (κ3) is 2.11. The van der Waals surface area contributed by atoms with Crippen LogP contribution in [0.4, 0.5) is 0 Å². The number of hydrogen-bond acceptors (Lipinski definition) is 4. The molecule has 0 atom stereocenters. The highest BCUT2D eigenvalue weighted by Gasteiger charge is 2.08. The van der Waals surface area contributed by atoms with Crippen LogP contribution in [0.2, 0.25) is 0 Å². The van der Waals surface area contributed by atoms with Gasteiger partial charge in [0.25, 0.3) is 0 Å². The van der Waals surface area contributed by atoms with Gasteiger partial charge in [-0.3, -0.25) is 4.79 Å². The number of nitrogens with zero attached hydrogens (tertiary/aromatic N) is 3. The zero-order chi connectivity index (χ0) is 13.1. The number of benzene rings is 1. The van der Waals surface area contributed by atoms with Crippen LogP contribution < -0.4 is 0 Å². The Bertz CT molecular complexity index is 639. The van der Waals surface area contributed by atoms with Crippen molar-refractivity contribution in [1.82, 2.24) is 9.97 Å². The number of aromatic nitrogens is 2. The van der Waals surface area contributed by atoms with Crippen LogP contribution in [0.5, 0.6) is 0 Å². The Morgan fingerprint density at radius 1 is 1.17 bits per heavy atom. The van der Waals surface area contributed by atoms with Crippen molar-refractivity contribution in [2.45, 2.75) is 13.8 Å². The van der Waals surface area contributed by atoms with Gasteiger partial charge in [-0.25, -0.2) is 9.97 Å². The van der Waals surface area contributed by atoms with Gasteiger partial charge in [-0.15, -0.1) is 0 Å². The van der Waals surface area contributed by atoms with E-state index in [0.717, 1.165) is 23.1 Å². The third-order valence-electron chi connectivity index (χ3n) is 2.81. The fraction of sp³-hybridized carbons (Fsp3) is 0.143. The van der Waals surface area contributed by atoms with Gasteiger partial charge < -0.3 is 0 Å². The molecule has 4 nitrogen and oxygen atoms in total. The number of hydrogen-bond donors (Lipinski definition) is 0. The lowest BCUT2D eigenvalue weighted by atomic mass is 10.1. The molecule has 1 aromatic carbocycles. The minimum absolute atomic E-state index is 0.404. The maximum absolute atomic E-state index is 10.9. The summed E-state index contributed by atoms with van der Waals surface area (Å²) in [7, 11) is 0. The number of rotatable bonds is 2. The maximum Gasteiger partial charge on any atom is 0.168 e. The summed E-state index contributed by atoms with van der Waals surface area (Å²) in [6, 6.07) is 9.01. The van der Waals surface area contributed by atoms with Crippen molar-refractivity contribution in [3.8, 4) is 17.5 Å². The first kappa shape index (κ1) is 11.9. The van der Waals surface area contributed by atoms with Gasteiger partial charge in [-0.2, -0.15) is 5.26 Å². The zero-order valence-electron chi connectivity index (χ0n) is 10.1. The molecule has 1 aromatic heterocycles. The second-order valence-electron chi connectivity index (χ2n) is 3.95. The second kappa shape index (κ2) is 4.76. The minimum atomic E-state index is 0.404. The normalized spacial score (nSPS) is 9.83. The third-order valence-corrected chi connectivity index (χ3v) is 2.81. The molecule has 18 heavy (non-hydrogen) atoms. The van der Waals surface area contributed by atoms with Crippen molar-refractivity contribution in [3.63, 3.8) is 0 Å². The first-order valence-corrected chi connectivity index (χ1v) is 5.46. The Morgan fingerprint density at radius 3 is 2.39 bits per heavy atom. The van der Waals surface area contributed by atoms with E-state index in [2.05, 4.69) is 16.0 Å². The zero-order valence-corrected chi connectivity index (χ0v) is 10.1. The van der Waals surface area contributed by atoms with E-state index in [1.807, 2.05) is 13.8 Å². The Balaban J connectivity index is 2.54. The lowest BCUT2D eigenvalue weighted by Gasteiger charge is -2.06. The molecule has 0 spiro atoms. The Kier molecular flexibility index (Phi) is 3.16. The monoisotopic (exact) mass is 237 g/mol. The van der Waals surface area contributed by atoms with Crippen molar-refractivity contribution >= 4 is 6.29 Å². The highest BCUT2D eigenvalue weighted by Crippen LogP contribution is 2.18. The average molecular weight is 237 g/mol. The van der Waals surface area contributed by atoms with Crippen molar-refractivity contribution in [1.29, 1.82) is 5.26 Å². The van der Waals surface area contributed by atoms with Crippen LogP contribution in [0.25, 0.3) is 11.4 Å². The summed E-state index contributed by atoms with van der Waals surface area (Å²) in [5, 5.41) is 8.73. The summed E-state index contributed by atoms with van der Waals surface area (Å²) in [6.07, 6.45) is 0.733. The maximum atomic E-state index is 10.9. The molecular formula is C14H11N3O. The number of carbonyl (C=O) groups excluding carboxylic acids is 1. The standard InChI is InChI=1S/C14H11N3O/c1-9-10(2)16-14(17-13(9)8-18)12-5-3-11(7-15)4-6-12/h3-6,8H,1-2H3. The van der Waals surface area contributed by atoms with Crippen LogP contribution >= 0.6 is 0 Å². The molecule has 0 unspecified atom stereocenters. The molecule has 1 heterocycles. The van der Waals surface area contributed by atoms with Gasteiger partial charge >= 0.3 is 0 Å². The molecule has 88 valence electrons. The lowest BCUT2D eigenvalue weighted by molar-refractivity contribution is 0.111. The van der Waals surface area contributed by atoms with E-state index in [4.69, 9.17) is 5.26 Å². The van der Waals surface area contributed by atoms with Crippen LogP contribution in [-0.2, 0) is 0 Å². The Labute approximate surface area is 105 Å². The predicted molar refractivity (Wildman–Crippen MR) is 67.0 cm³/mol. The van der Waals surface area contributed by atoms with Gasteiger partial charge in [0.15, 0.2) is 12.1 Å². The van der Waals surface area contributed by atoms with Gasteiger partial charge in [0.05, 0.1) is 11.6 Å². The topological polar surface area (TPSA) is 66.6 Å². The van der Waals surface area contributed by atoms with Gasteiger partial charge in [0, 0.05) is 11.3 Å². The van der Waals surface area contributed by atoms with Gasteiger partial charge in [-0.1, -0.05) is 0 Å². The summed E-state index contributed by atoms with van der Waals surface area (Å²) in [5.74, 6) is 0.504. The largest absolute Gasteiger partial charge is 0.296 e. The molecule has 0 aliphatic carbocycles. The van der Waals surface area contributed by atoms with Crippen molar-refractivity contribution in [3.05, 3.63) is 46.8 Å². The van der Waals surface area contributed by atoms with Crippen LogP contribution in [0.1, 0.15) is 27.3 Å². The number of nitriles is 1. The van der Waals surface area contributed by atoms with Gasteiger partial charge in [0.1, 0.15) is 5.69 Å². The van der Waals surface area contributed by atoms with E-state index in [1.165, 1.54) is 0 Å². The molecular weight excluding hydrogens is 226 g/mol.